The van der Waals surface area contributed by atoms with Gasteiger partial charge in [0.25, 0.3) is 5.91 Å². The fourth-order valence-corrected chi connectivity index (χ4v) is 4.13. The maximum Gasteiger partial charge on any atom is 0.257 e. The number of benzene rings is 2. The maximum absolute atomic E-state index is 13.1. The Bertz CT molecular complexity index is 1110. The Morgan fingerprint density at radius 3 is 2.28 bits per heavy atom. The molecule has 170 valence electrons. The van der Waals surface area contributed by atoms with E-state index in [1.54, 1.807) is 43.3 Å². The van der Waals surface area contributed by atoms with Crippen LogP contribution < -0.4 is 14.8 Å². The van der Waals surface area contributed by atoms with Gasteiger partial charge in [-0.05, 0) is 48.4 Å². The standard InChI is InChI=1S/C22H25N3O6S/c1-3-20(26)24(13-12-15-4-10-18(11-5-15)32(23,29)30)19-14-21(27)25(22(19)28)16-6-8-17(31-2)9-7-16/h4-11,19H,3,12-14H2,1-2H3,(H2,23,29,30)/t19-/m1/s1. The number of carbonyl (C=O) groups excluding carboxylic acids is 3. The molecule has 2 aromatic carbocycles. The van der Waals surface area contributed by atoms with E-state index in [-0.39, 0.29) is 36.1 Å². The van der Waals surface area contributed by atoms with E-state index in [0.717, 1.165) is 10.5 Å². The highest BCUT2D eigenvalue weighted by molar-refractivity contribution is 7.89. The Kier molecular flexibility index (Phi) is 6.95. The average molecular weight is 460 g/mol. The summed E-state index contributed by atoms with van der Waals surface area (Å²) in [5.74, 6) is -0.474. The summed E-state index contributed by atoms with van der Waals surface area (Å²) in [4.78, 5) is 40.9. The molecule has 1 fully saturated rings. The van der Waals surface area contributed by atoms with Crippen LogP contribution in [0.4, 0.5) is 5.69 Å². The van der Waals surface area contributed by atoms with Crippen LogP contribution in [0.1, 0.15) is 25.3 Å². The molecule has 0 bridgehead atoms. The monoisotopic (exact) mass is 459 g/mol. The van der Waals surface area contributed by atoms with Crippen LogP contribution >= 0.6 is 0 Å². The van der Waals surface area contributed by atoms with Gasteiger partial charge in [-0.15, -0.1) is 0 Å². The van der Waals surface area contributed by atoms with Gasteiger partial charge >= 0.3 is 0 Å². The maximum atomic E-state index is 13.1. The summed E-state index contributed by atoms with van der Waals surface area (Å²) >= 11 is 0. The van der Waals surface area contributed by atoms with Crippen LogP contribution in [-0.2, 0) is 30.8 Å². The third-order valence-electron chi connectivity index (χ3n) is 5.35. The summed E-state index contributed by atoms with van der Waals surface area (Å²) in [6, 6.07) is 11.7. The number of hydrogen-bond donors (Lipinski definition) is 1. The van der Waals surface area contributed by atoms with Crippen molar-refractivity contribution in [1.82, 2.24) is 4.90 Å². The molecule has 0 unspecified atom stereocenters. The van der Waals surface area contributed by atoms with Gasteiger partial charge in [0, 0.05) is 13.0 Å². The molecule has 3 amide bonds. The van der Waals surface area contributed by atoms with Crippen molar-refractivity contribution in [2.75, 3.05) is 18.6 Å². The first-order valence-corrected chi connectivity index (χ1v) is 11.6. The molecule has 2 aromatic rings. The molecule has 10 heteroatoms. The van der Waals surface area contributed by atoms with Gasteiger partial charge < -0.3 is 9.64 Å². The van der Waals surface area contributed by atoms with Crippen LogP contribution in [0.3, 0.4) is 0 Å². The van der Waals surface area contributed by atoms with Crippen molar-refractivity contribution < 1.29 is 27.5 Å². The number of ether oxygens (including phenoxy) is 1. The SMILES string of the molecule is CCC(=O)N(CCc1ccc(S(N)(=O)=O)cc1)[C@@H]1CC(=O)N(c2ccc(OC)cc2)C1=O. The highest BCUT2D eigenvalue weighted by Crippen LogP contribution is 2.28. The summed E-state index contributed by atoms with van der Waals surface area (Å²) in [6.07, 6.45) is 0.475. The Hall–Kier alpha value is -3.24. The van der Waals surface area contributed by atoms with Gasteiger partial charge in [0.05, 0.1) is 24.1 Å². The molecule has 9 nitrogen and oxygen atoms in total. The van der Waals surface area contributed by atoms with Gasteiger partial charge in [-0.25, -0.2) is 18.5 Å². The van der Waals surface area contributed by atoms with Gasteiger partial charge in [-0.2, -0.15) is 0 Å². The van der Waals surface area contributed by atoms with Crippen molar-refractivity contribution in [3.05, 3.63) is 54.1 Å². The summed E-state index contributed by atoms with van der Waals surface area (Å²) < 4.78 is 27.9. The number of rotatable bonds is 8. The summed E-state index contributed by atoms with van der Waals surface area (Å²) in [6.45, 7) is 1.90. The van der Waals surface area contributed by atoms with Crippen LogP contribution in [-0.4, -0.2) is 50.7 Å². The first-order chi connectivity index (χ1) is 15.2. The van der Waals surface area contributed by atoms with E-state index in [2.05, 4.69) is 0 Å². The number of primary sulfonamides is 1. The Balaban J connectivity index is 1.77. The number of hydrogen-bond acceptors (Lipinski definition) is 6. The van der Waals surface area contributed by atoms with E-state index in [4.69, 9.17) is 9.88 Å². The molecular weight excluding hydrogens is 434 g/mol. The van der Waals surface area contributed by atoms with Gasteiger partial charge in [0.2, 0.25) is 21.8 Å². The zero-order valence-electron chi connectivity index (χ0n) is 17.9. The van der Waals surface area contributed by atoms with E-state index in [1.807, 2.05) is 0 Å². The van der Waals surface area contributed by atoms with E-state index in [0.29, 0.717) is 17.9 Å². The molecule has 1 aliphatic heterocycles. The van der Waals surface area contributed by atoms with E-state index in [1.165, 1.54) is 24.1 Å². The number of methoxy groups -OCH3 is 1. The lowest BCUT2D eigenvalue weighted by molar-refractivity contribution is -0.138. The number of carbonyl (C=O) groups is 3. The van der Waals surface area contributed by atoms with Gasteiger partial charge in [-0.3, -0.25) is 14.4 Å². The van der Waals surface area contributed by atoms with Crippen LogP contribution in [0.2, 0.25) is 0 Å². The number of amides is 3. The minimum absolute atomic E-state index is 0.00515. The summed E-state index contributed by atoms with van der Waals surface area (Å²) in [5, 5.41) is 5.11. The molecule has 1 atom stereocenters. The van der Waals surface area contributed by atoms with Crippen LogP contribution in [0.5, 0.6) is 5.75 Å². The fourth-order valence-electron chi connectivity index (χ4n) is 3.61. The van der Waals surface area contributed by atoms with E-state index < -0.39 is 22.0 Å². The summed E-state index contributed by atoms with van der Waals surface area (Å²) in [7, 11) is -2.27. The molecule has 1 aliphatic rings. The zero-order valence-corrected chi connectivity index (χ0v) is 18.7. The predicted octanol–water partition coefficient (Wildman–Crippen LogP) is 1.46. The Labute approximate surface area is 186 Å². The van der Waals surface area contributed by atoms with Crippen LogP contribution in [0.15, 0.2) is 53.4 Å². The predicted molar refractivity (Wildman–Crippen MR) is 117 cm³/mol. The zero-order chi connectivity index (χ0) is 23.5. The molecule has 0 saturated carbocycles. The van der Waals surface area contributed by atoms with Crippen molar-refractivity contribution in [2.45, 2.75) is 37.1 Å². The van der Waals surface area contributed by atoms with E-state index in [9.17, 15) is 22.8 Å². The third kappa shape index (κ3) is 4.97. The molecule has 0 spiro atoms. The molecule has 0 aromatic heterocycles. The number of anilines is 1. The molecule has 1 saturated heterocycles. The first kappa shape index (κ1) is 23.4. The molecule has 3 rings (SSSR count). The van der Waals surface area contributed by atoms with Crippen molar-refractivity contribution in [3.63, 3.8) is 0 Å². The normalized spacial score (nSPS) is 16.3. The lowest BCUT2D eigenvalue weighted by Gasteiger charge is -2.27. The topological polar surface area (TPSA) is 127 Å². The van der Waals surface area contributed by atoms with Crippen LogP contribution in [0, 0.1) is 0 Å². The molecule has 2 N–H and O–H groups in total. The minimum Gasteiger partial charge on any atom is -0.497 e. The van der Waals surface area contributed by atoms with Gasteiger partial charge in [0.15, 0.2) is 0 Å². The van der Waals surface area contributed by atoms with Crippen molar-refractivity contribution in [1.29, 1.82) is 0 Å². The number of nitrogens with zero attached hydrogens (tertiary/aromatic N) is 2. The highest BCUT2D eigenvalue weighted by Gasteiger charge is 2.43. The third-order valence-corrected chi connectivity index (χ3v) is 6.27. The smallest absolute Gasteiger partial charge is 0.257 e. The summed E-state index contributed by atoms with van der Waals surface area (Å²) in [5.41, 5.74) is 1.20. The largest absolute Gasteiger partial charge is 0.497 e. The molecule has 1 heterocycles. The highest BCUT2D eigenvalue weighted by atomic mass is 32.2. The average Bonchev–Trinajstić information content (AvgIpc) is 3.07. The molecular formula is C22H25N3O6S. The molecule has 32 heavy (non-hydrogen) atoms. The minimum atomic E-state index is -3.79. The number of nitrogens with two attached hydrogens (primary N) is 1. The lowest BCUT2D eigenvalue weighted by Crippen LogP contribution is -2.46. The van der Waals surface area contributed by atoms with Gasteiger partial charge in [0.1, 0.15) is 11.8 Å². The number of sulfonamides is 1. The van der Waals surface area contributed by atoms with Gasteiger partial charge in [-0.1, -0.05) is 19.1 Å². The second kappa shape index (κ2) is 9.49. The molecule has 0 radical (unpaired) electrons. The Morgan fingerprint density at radius 2 is 1.75 bits per heavy atom. The lowest BCUT2D eigenvalue weighted by atomic mass is 10.1. The second-order valence-corrected chi connectivity index (χ2v) is 8.93. The number of imide groups is 1. The second-order valence-electron chi connectivity index (χ2n) is 7.36. The quantitative estimate of drug-likeness (QED) is 0.596. The van der Waals surface area contributed by atoms with Crippen molar-refractivity contribution in [2.24, 2.45) is 5.14 Å². The Morgan fingerprint density at radius 1 is 1.12 bits per heavy atom. The fraction of sp³-hybridized carbons (Fsp3) is 0.318. The van der Waals surface area contributed by atoms with Crippen molar-refractivity contribution in [3.8, 4) is 5.75 Å². The van der Waals surface area contributed by atoms with E-state index >= 15 is 0 Å². The van der Waals surface area contributed by atoms with Crippen molar-refractivity contribution >= 4 is 33.4 Å². The van der Waals surface area contributed by atoms with Crippen LogP contribution in [0.25, 0.3) is 0 Å². The molecule has 0 aliphatic carbocycles. The first-order valence-electron chi connectivity index (χ1n) is 10.1.